The van der Waals surface area contributed by atoms with Crippen molar-refractivity contribution in [3.8, 4) is 0 Å². The van der Waals surface area contributed by atoms with E-state index in [2.05, 4.69) is 5.73 Å². The summed E-state index contributed by atoms with van der Waals surface area (Å²) in [6, 6.07) is -0.983. The molecule has 0 unspecified atom stereocenters. The smallest absolute Gasteiger partial charge is 0.125 e. The van der Waals surface area contributed by atoms with Gasteiger partial charge in [-0.2, -0.15) is 0 Å². The Balaban J connectivity index is 3.84. The molecule has 0 aromatic rings. The quantitative estimate of drug-likeness (QED) is 0.453. The van der Waals surface area contributed by atoms with Crippen LogP contribution in [-0.2, 0) is 9.59 Å². The summed E-state index contributed by atoms with van der Waals surface area (Å²) in [6.45, 7) is 1.37. The molecule has 0 amide bonds. The predicted molar refractivity (Wildman–Crippen MR) is 30.5 cm³/mol. The summed E-state index contributed by atoms with van der Waals surface area (Å²) in [7, 11) is 0. The molecule has 0 aliphatic heterocycles. The molecule has 11 heavy (non-hydrogen) atoms. The maximum Gasteiger partial charge on any atom is 0.125 e. The van der Waals surface area contributed by atoms with Gasteiger partial charge >= 0.3 is 0 Å². The van der Waals surface area contributed by atoms with Gasteiger partial charge in [0.1, 0.15) is 6.04 Å². The zero-order chi connectivity index (χ0) is 9.02. The molecule has 64 valence electrons. The molecule has 2 atom stereocenters. The van der Waals surface area contributed by atoms with E-state index < -0.39 is 23.9 Å². The molecule has 0 saturated heterocycles. The van der Waals surface area contributed by atoms with E-state index in [1.54, 1.807) is 0 Å². The highest BCUT2D eigenvalue weighted by Gasteiger charge is 2.13. The Morgan fingerprint density at radius 1 is 1.36 bits per heavy atom. The van der Waals surface area contributed by atoms with Crippen LogP contribution in [0.15, 0.2) is 0 Å². The number of carbonyl (C=O) groups excluding carboxylic acids is 2. The largest absolute Gasteiger partial charge is 0.550 e. The van der Waals surface area contributed by atoms with Crippen molar-refractivity contribution in [1.29, 1.82) is 0 Å². The molecule has 0 aromatic heterocycles. The molecule has 5 heteroatoms. The number of rotatable bonds is 4. The Kier molecular flexibility index (Phi) is 3.53. The van der Waals surface area contributed by atoms with Crippen molar-refractivity contribution in [2.75, 3.05) is 0 Å². The van der Waals surface area contributed by atoms with Gasteiger partial charge in [0.2, 0.25) is 0 Å². The lowest BCUT2D eigenvalue weighted by atomic mass is 10.0. The van der Waals surface area contributed by atoms with Crippen molar-refractivity contribution >= 4 is 11.9 Å². The number of aliphatic carboxylic acids is 2. The monoisotopic (exact) mass is 160 g/mol. The van der Waals surface area contributed by atoms with Crippen molar-refractivity contribution in [1.82, 2.24) is 0 Å². The van der Waals surface area contributed by atoms with E-state index in [1.165, 1.54) is 6.92 Å². The Labute approximate surface area is 63.8 Å². The van der Waals surface area contributed by atoms with Gasteiger partial charge in [0.15, 0.2) is 0 Å². The first kappa shape index (κ1) is 9.90. The zero-order valence-electron chi connectivity index (χ0n) is 6.20. The zero-order valence-corrected chi connectivity index (χ0v) is 6.20. The highest BCUT2D eigenvalue weighted by Crippen LogP contribution is 2.00. The summed E-state index contributed by atoms with van der Waals surface area (Å²) in [5, 5.41) is 20.2. The molecule has 0 spiro atoms. The van der Waals surface area contributed by atoms with Crippen LogP contribution in [0.4, 0.5) is 0 Å². The normalized spacial score (nSPS) is 15.5. The van der Waals surface area contributed by atoms with Crippen molar-refractivity contribution in [2.24, 2.45) is 5.92 Å². The van der Waals surface area contributed by atoms with Crippen molar-refractivity contribution in [2.45, 2.75) is 19.4 Å². The van der Waals surface area contributed by atoms with Crippen LogP contribution in [0.25, 0.3) is 0 Å². The fourth-order valence-corrected chi connectivity index (χ4v) is 0.619. The standard InChI is InChI=1S/C6H11NO4/c1-3(5(8)9)2-4(7)6(10)11/h3-4H,2,7H2,1H3,(H,8,9)(H,10,11)/p-1/t3-,4-/m0/s1. The summed E-state index contributed by atoms with van der Waals surface area (Å²) in [6.07, 6.45) is -0.0509. The van der Waals surface area contributed by atoms with Gasteiger partial charge in [-0.3, -0.25) is 0 Å². The van der Waals surface area contributed by atoms with E-state index in [9.17, 15) is 19.8 Å². The molecule has 0 aromatic carbocycles. The lowest BCUT2D eigenvalue weighted by Gasteiger charge is -2.15. The first-order valence-electron chi connectivity index (χ1n) is 3.20. The lowest BCUT2D eigenvalue weighted by Crippen LogP contribution is -2.69. The van der Waals surface area contributed by atoms with Crippen LogP contribution in [0.3, 0.4) is 0 Å². The maximum atomic E-state index is 10.1. The first-order chi connectivity index (χ1) is 4.95. The minimum Gasteiger partial charge on any atom is -0.550 e. The third-order valence-electron chi connectivity index (χ3n) is 1.37. The highest BCUT2D eigenvalue weighted by molar-refractivity contribution is 5.72. The van der Waals surface area contributed by atoms with E-state index in [1.807, 2.05) is 0 Å². The van der Waals surface area contributed by atoms with E-state index in [0.29, 0.717) is 0 Å². The highest BCUT2D eigenvalue weighted by atomic mass is 16.4. The fraction of sp³-hybridized carbons (Fsp3) is 0.667. The molecular formula is C6H10NO4-. The summed E-state index contributed by atoms with van der Waals surface area (Å²) in [5.74, 6) is -3.39. The van der Waals surface area contributed by atoms with Gasteiger partial charge < -0.3 is 25.5 Å². The van der Waals surface area contributed by atoms with Crippen LogP contribution in [0.5, 0.6) is 0 Å². The second kappa shape index (κ2) is 3.92. The number of hydrogen-bond acceptors (Lipinski definition) is 4. The topological polar surface area (TPSA) is 108 Å². The van der Waals surface area contributed by atoms with Gasteiger partial charge in [-0.15, -0.1) is 0 Å². The minimum absolute atomic E-state index is 0.0509. The summed E-state index contributed by atoms with van der Waals surface area (Å²) in [4.78, 5) is 20.2. The fourth-order valence-electron chi connectivity index (χ4n) is 0.619. The Hall–Kier alpha value is -1.10. The summed E-state index contributed by atoms with van der Waals surface area (Å²) in [5.41, 5.74) is 3.21. The van der Waals surface area contributed by atoms with Gasteiger partial charge in [0.05, 0.1) is 5.97 Å². The van der Waals surface area contributed by atoms with Gasteiger partial charge in [0.25, 0.3) is 0 Å². The number of carboxylic acids is 2. The van der Waals surface area contributed by atoms with Crippen LogP contribution in [0.2, 0.25) is 0 Å². The van der Waals surface area contributed by atoms with Crippen LogP contribution < -0.4 is 15.9 Å². The second-order valence-corrected chi connectivity index (χ2v) is 2.47. The van der Waals surface area contributed by atoms with Gasteiger partial charge in [-0.1, -0.05) is 6.92 Å². The third kappa shape index (κ3) is 3.57. The minimum atomic E-state index is -1.34. The Morgan fingerprint density at radius 2 is 1.82 bits per heavy atom. The Bertz CT molecular complexity index is 150. The van der Waals surface area contributed by atoms with Crippen molar-refractivity contribution < 1.29 is 25.5 Å². The molecule has 0 aliphatic carbocycles. The molecule has 0 saturated carbocycles. The van der Waals surface area contributed by atoms with Gasteiger partial charge in [-0.05, 0) is 0 Å². The molecular weight excluding hydrogens is 150 g/mol. The van der Waals surface area contributed by atoms with Crippen LogP contribution in [0, 0.1) is 5.92 Å². The maximum absolute atomic E-state index is 10.1. The van der Waals surface area contributed by atoms with Gasteiger partial charge in [0, 0.05) is 18.3 Å². The molecule has 0 rings (SSSR count). The molecule has 3 N–H and O–H groups in total. The molecule has 0 bridgehead atoms. The lowest BCUT2D eigenvalue weighted by molar-refractivity contribution is -0.440. The van der Waals surface area contributed by atoms with E-state index >= 15 is 0 Å². The van der Waals surface area contributed by atoms with Gasteiger partial charge in [-0.25, -0.2) is 0 Å². The number of carboxylic acid groups (broad SMARTS) is 2. The number of quaternary nitrogens is 1. The average molecular weight is 160 g/mol. The van der Waals surface area contributed by atoms with E-state index in [4.69, 9.17) is 0 Å². The van der Waals surface area contributed by atoms with Crippen LogP contribution in [0.1, 0.15) is 13.3 Å². The molecule has 0 fully saturated rings. The summed E-state index contributed by atoms with van der Waals surface area (Å²) >= 11 is 0. The summed E-state index contributed by atoms with van der Waals surface area (Å²) < 4.78 is 0. The van der Waals surface area contributed by atoms with Crippen molar-refractivity contribution in [3.63, 3.8) is 0 Å². The molecule has 5 nitrogen and oxygen atoms in total. The van der Waals surface area contributed by atoms with E-state index in [0.717, 1.165) is 0 Å². The molecule has 0 heterocycles. The SMILES string of the molecule is C[C@@H](C[C@H]([NH3+])C(=O)[O-])C(=O)[O-]. The third-order valence-corrected chi connectivity index (χ3v) is 1.37. The first-order valence-corrected chi connectivity index (χ1v) is 3.20. The van der Waals surface area contributed by atoms with Crippen LogP contribution in [-0.4, -0.2) is 18.0 Å². The van der Waals surface area contributed by atoms with Crippen molar-refractivity contribution in [3.05, 3.63) is 0 Å². The predicted octanol–water partition coefficient (Wildman–Crippen LogP) is -3.88. The average Bonchev–Trinajstić information content (AvgIpc) is 1.87. The Morgan fingerprint density at radius 3 is 2.09 bits per heavy atom. The molecule has 0 radical (unpaired) electrons. The molecule has 0 aliphatic rings. The second-order valence-electron chi connectivity index (χ2n) is 2.47. The number of carbonyl (C=O) groups is 2. The van der Waals surface area contributed by atoms with E-state index in [-0.39, 0.29) is 6.42 Å². The van der Waals surface area contributed by atoms with Crippen LogP contribution >= 0.6 is 0 Å². The number of hydrogen-bond donors (Lipinski definition) is 1.